The van der Waals surface area contributed by atoms with Crippen LogP contribution in [0.15, 0.2) is 41.3 Å². The molecule has 0 spiro atoms. The van der Waals surface area contributed by atoms with Crippen molar-refractivity contribution in [3.8, 4) is 0 Å². The van der Waals surface area contributed by atoms with E-state index in [-0.39, 0.29) is 5.56 Å². The molecular weight excluding hydrogens is 257 g/mol. The molecular formula is C13H11Cl2NO. The lowest BCUT2D eigenvalue weighted by atomic mass is 10.2. The van der Waals surface area contributed by atoms with Crippen LogP contribution >= 0.6 is 23.2 Å². The molecule has 0 bridgehead atoms. The lowest BCUT2D eigenvalue weighted by Crippen LogP contribution is -2.21. The molecule has 2 rings (SSSR count). The van der Waals surface area contributed by atoms with Crippen LogP contribution in [0.25, 0.3) is 0 Å². The lowest BCUT2D eigenvalue weighted by molar-refractivity contribution is 0.752. The van der Waals surface area contributed by atoms with Crippen molar-refractivity contribution in [3.63, 3.8) is 0 Å². The van der Waals surface area contributed by atoms with Gasteiger partial charge in [-0.15, -0.1) is 0 Å². The van der Waals surface area contributed by atoms with E-state index >= 15 is 0 Å². The zero-order chi connectivity index (χ0) is 12.4. The fourth-order valence-corrected chi connectivity index (χ4v) is 1.94. The smallest absolute Gasteiger partial charge is 0.253 e. The minimum absolute atomic E-state index is 0.0126. The van der Waals surface area contributed by atoms with Gasteiger partial charge >= 0.3 is 0 Å². The predicted molar refractivity (Wildman–Crippen MR) is 71.0 cm³/mol. The van der Waals surface area contributed by atoms with E-state index in [2.05, 4.69) is 0 Å². The summed E-state index contributed by atoms with van der Waals surface area (Å²) in [6.45, 7) is 2.30. The largest absolute Gasteiger partial charge is 0.311 e. The topological polar surface area (TPSA) is 22.0 Å². The van der Waals surface area contributed by atoms with Gasteiger partial charge in [-0.3, -0.25) is 4.79 Å². The number of benzene rings is 1. The van der Waals surface area contributed by atoms with E-state index in [1.54, 1.807) is 35.9 Å². The molecule has 0 saturated heterocycles. The molecule has 17 heavy (non-hydrogen) atoms. The Labute approximate surface area is 109 Å². The van der Waals surface area contributed by atoms with Crippen molar-refractivity contribution >= 4 is 23.2 Å². The summed E-state index contributed by atoms with van der Waals surface area (Å²) in [6.07, 6.45) is 1.76. The van der Waals surface area contributed by atoms with Gasteiger partial charge in [-0.05, 0) is 30.7 Å². The van der Waals surface area contributed by atoms with Gasteiger partial charge in [0.15, 0.2) is 0 Å². The highest BCUT2D eigenvalue weighted by molar-refractivity contribution is 6.42. The standard InChI is InChI=1S/C13H11Cl2NO/c1-9-3-2-6-16(13(9)17)8-10-4-5-11(14)12(15)7-10/h2-7H,8H2,1H3. The summed E-state index contributed by atoms with van der Waals surface area (Å²) in [5.74, 6) is 0. The molecule has 0 aliphatic heterocycles. The van der Waals surface area contributed by atoms with Crippen LogP contribution in [0.3, 0.4) is 0 Å². The number of nitrogens with zero attached hydrogens (tertiary/aromatic N) is 1. The van der Waals surface area contributed by atoms with Crippen LogP contribution in [0.1, 0.15) is 11.1 Å². The first-order valence-electron chi connectivity index (χ1n) is 5.18. The predicted octanol–water partition coefficient (Wildman–Crippen LogP) is 3.51. The van der Waals surface area contributed by atoms with Crippen LogP contribution in [0.2, 0.25) is 10.0 Å². The average molecular weight is 268 g/mol. The van der Waals surface area contributed by atoms with E-state index < -0.39 is 0 Å². The molecule has 1 aromatic carbocycles. The quantitative estimate of drug-likeness (QED) is 0.816. The second-order valence-corrected chi connectivity index (χ2v) is 4.69. The summed E-state index contributed by atoms with van der Waals surface area (Å²) in [5.41, 5.74) is 1.69. The zero-order valence-corrected chi connectivity index (χ0v) is 10.8. The number of halogens is 2. The molecule has 0 amide bonds. The second-order valence-electron chi connectivity index (χ2n) is 3.87. The Morgan fingerprint density at radius 2 is 1.94 bits per heavy atom. The number of aryl methyl sites for hydroxylation is 1. The monoisotopic (exact) mass is 267 g/mol. The third-order valence-corrected chi connectivity index (χ3v) is 3.29. The van der Waals surface area contributed by atoms with Crippen molar-refractivity contribution in [3.05, 3.63) is 68.1 Å². The maximum atomic E-state index is 11.8. The molecule has 1 aromatic heterocycles. The fraction of sp³-hybridized carbons (Fsp3) is 0.154. The van der Waals surface area contributed by atoms with Crippen LogP contribution in [-0.2, 0) is 6.54 Å². The molecule has 4 heteroatoms. The molecule has 0 unspecified atom stereocenters. The first-order valence-corrected chi connectivity index (χ1v) is 5.93. The van der Waals surface area contributed by atoms with E-state index in [0.717, 1.165) is 11.1 Å². The van der Waals surface area contributed by atoms with E-state index in [1.807, 2.05) is 12.1 Å². The van der Waals surface area contributed by atoms with Crippen molar-refractivity contribution in [2.24, 2.45) is 0 Å². The maximum absolute atomic E-state index is 11.8. The van der Waals surface area contributed by atoms with Crippen LogP contribution in [0.4, 0.5) is 0 Å². The van der Waals surface area contributed by atoms with Gasteiger partial charge in [0.05, 0.1) is 16.6 Å². The molecule has 88 valence electrons. The maximum Gasteiger partial charge on any atom is 0.253 e. The minimum atomic E-state index is 0.0126. The van der Waals surface area contributed by atoms with Crippen LogP contribution < -0.4 is 5.56 Å². The third-order valence-electron chi connectivity index (χ3n) is 2.55. The van der Waals surface area contributed by atoms with E-state index in [9.17, 15) is 4.79 Å². The molecule has 0 radical (unpaired) electrons. The number of rotatable bonds is 2. The number of hydrogen-bond donors (Lipinski definition) is 0. The Hall–Kier alpha value is -1.25. The molecule has 2 nitrogen and oxygen atoms in total. The SMILES string of the molecule is Cc1cccn(Cc2ccc(Cl)c(Cl)c2)c1=O. The Morgan fingerprint density at radius 3 is 2.65 bits per heavy atom. The van der Waals surface area contributed by atoms with Crippen molar-refractivity contribution in [1.29, 1.82) is 0 Å². The molecule has 0 aliphatic rings. The van der Waals surface area contributed by atoms with E-state index in [0.29, 0.717) is 16.6 Å². The zero-order valence-electron chi connectivity index (χ0n) is 9.28. The first kappa shape index (κ1) is 12.2. The minimum Gasteiger partial charge on any atom is -0.311 e. The van der Waals surface area contributed by atoms with E-state index in [1.165, 1.54) is 0 Å². The van der Waals surface area contributed by atoms with Gasteiger partial charge in [0.2, 0.25) is 0 Å². The first-order chi connectivity index (χ1) is 8.08. The molecule has 0 fully saturated rings. The Balaban J connectivity index is 2.35. The summed E-state index contributed by atoms with van der Waals surface area (Å²) in [7, 11) is 0. The Kier molecular flexibility index (Phi) is 3.55. The summed E-state index contributed by atoms with van der Waals surface area (Å²) in [5, 5.41) is 1.02. The van der Waals surface area contributed by atoms with Crippen LogP contribution in [0, 0.1) is 6.92 Å². The molecule has 0 aliphatic carbocycles. The van der Waals surface area contributed by atoms with Gasteiger partial charge in [-0.1, -0.05) is 35.3 Å². The highest BCUT2D eigenvalue weighted by atomic mass is 35.5. The van der Waals surface area contributed by atoms with Crippen LogP contribution in [0.5, 0.6) is 0 Å². The summed E-state index contributed by atoms with van der Waals surface area (Å²) in [4.78, 5) is 11.8. The van der Waals surface area contributed by atoms with Crippen molar-refractivity contribution < 1.29 is 0 Å². The van der Waals surface area contributed by atoms with Crippen LogP contribution in [-0.4, -0.2) is 4.57 Å². The van der Waals surface area contributed by atoms with Gasteiger partial charge in [-0.25, -0.2) is 0 Å². The van der Waals surface area contributed by atoms with Gasteiger partial charge in [-0.2, -0.15) is 0 Å². The summed E-state index contributed by atoms with van der Waals surface area (Å²) < 4.78 is 1.65. The van der Waals surface area contributed by atoms with Gasteiger partial charge < -0.3 is 4.57 Å². The number of hydrogen-bond acceptors (Lipinski definition) is 1. The van der Waals surface area contributed by atoms with Gasteiger partial charge in [0.1, 0.15) is 0 Å². The molecule has 0 saturated carbocycles. The molecule has 0 N–H and O–H groups in total. The third kappa shape index (κ3) is 2.71. The Morgan fingerprint density at radius 1 is 1.18 bits per heavy atom. The second kappa shape index (κ2) is 4.94. The highest BCUT2D eigenvalue weighted by Gasteiger charge is 2.02. The average Bonchev–Trinajstić information content (AvgIpc) is 2.30. The lowest BCUT2D eigenvalue weighted by Gasteiger charge is -2.07. The fourth-order valence-electron chi connectivity index (χ4n) is 1.62. The Bertz CT molecular complexity index is 605. The number of pyridine rings is 1. The summed E-state index contributed by atoms with van der Waals surface area (Å²) >= 11 is 11.8. The molecule has 0 atom stereocenters. The van der Waals surface area contributed by atoms with Gasteiger partial charge in [0.25, 0.3) is 5.56 Å². The molecule has 2 aromatic rings. The highest BCUT2D eigenvalue weighted by Crippen LogP contribution is 2.22. The molecule has 1 heterocycles. The van der Waals surface area contributed by atoms with Gasteiger partial charge in [0, 0.05) is 11.8 Å². The summed E-state index contributed by atoms with van der Waals surface area (Å²) in [6, 6.07) is 9.03. The van der Waals surface area contributed by atoms with Crippen molar-refractivity contribution in [2.45, 2.75) is 13.5 Å². The van der Waals surface area contributed by atoms with Crippen molar-refractivity contribution in [1.82, 2.24) is 4.57 Å². The van der Waals surface area contributed by atoms with E-state index in [4.69, 9.17) is 23.2 Å². The van der Waals surface area contributed by atoms with Crippen molar-refractivity contribution in [2.75, 3.05) is 0 Å². The normalized spacial score (nSPS) is 10.5. The number of aromatic nitrogens is 1.